The Hall–Kier alpha value is -1.76. The van der Waals surface area contributed by atoms with E-state index in [1.165, 1.54) is 6.92 Å². The number of fused-ring (bicyclic) bond motifs is 1. The highest BCUT2D eigenvalue weighted by atomic mass is 16.5. The number of carbonyl (C=O) groups is 2. The molecule has 0 amide bonds. The number of hydrogen-bond donors (Lipinski definition) is 1. The minimum Gasteiger partial charge on any atom is -0.462 e. The van der Waals surface area contributed by atoms with Crippen LogP contribution in [0.2, 0.25) is 0 Å². The van der Waals surface area contributed by atoms with Crippen molar-refractivity contribution in [2.45, 2.75) is 90.9 Å². The largest absolute Gasteiger partial charge is 0.462 e. The van der Waals surface area contributed by atoms with E-state index in [-0.39, 0.29) is 40.8 Å². The Morgan fingerprint density at radius 1 is 1.27 bits per heavy atom. The zero-order valence-electron chi connectivity index (χ0n) is 18.4. The lowest BCUT2D eigenvalue weighted by Crippen LogP contribution is -2.54. The number of carbonyl (C=O) groups excluding carboxylic acids is 2. The van der Waals surface area contributed by atoms with Crippen molar-refractivity contribution in [1.29, 1.82) is 0 Å². The molecule has 30 heavy (non-hydrogen) atoms. The maximum atomic E-state index is 12.7. The van der Waals surface area contributed by atoms with E-state index in [0.29, 0.717) is 18.1 Å². The van der Waals surface area contributed by atoms with Gasteiger partial charge in [-0.1, -0.05) is 13.8 Å². The molecule has 7 nitrogen and oxygen atoms in total. The van der Waals surface area contributed by atoms with Crippen molar-refractivity contribution in [3.8, 4) is 0 Å². The van der Waals surface area contributed by atoms with Gasteiger partial charge < -0.3 is 9.84 Å². The molecule has 4 unspecified atom stereocenters. The summed E-state index contributed by atoms with van der Waals surface area (Å²) in [5.74, 6) is 0.683. The highest BCUT2D eigenvalue weighted by molar-refractivity contribution is 5.87. The van der Waals surface area contributed by atoms with Crippen LogP contribution in [-0.2, 0) is 20.9 Å². The lowest BCUT2D eigenvalue weighted by molar-refractivity contribution is -0.177. The first-order chi connectivity index (χ1) is 14.2. The number of nitrogens with zero attached hydrogens (tertiary/aromatic N) is 3. The number of rotatable bonds is 5. The number of hydrogen-bond acceptors (Lipinski definition) is 6. The first-order valence-corrected chi connectivity index (χ1v) is 11.4. The molecular formula is C23H35N3O4. The fraction of sp³-hybridized carbons (Fsp3) is 0.826. The van der Waals surface area contributed by atoms with Crippen LogP contribution in [0.3, 0.4) is 0 Å². The first-order valence-electron chi connectivity index (χ1n) is 11.4. The van der Waals surface area contributed by atoms with Crippen LogP contribution >= 0.6 is 0 Å². The van der Waals surface area contributed by atoms with Crippen LogP contribution < -0.4 is 0 Å². The zero-order valence-corrected chi connectivity index (χ0v) is 18.4. The van der Waals surface area contributed by atoms with Crippen LogP contribution in [0.15, 0.2) is 12.7 Å². The molecule has 4 rings (SSSR count). The number of ketones is 1. The summed E-state index contributed by atoms with van der Waals surface area (Å²) in [5, 5.41) is 14.7. The predicted octanol–water partition coefficient (Wildman–Crippen LogP) is 3.16. The molecule has 3 aliphatic carbocycles. The Labute approximate surface area is 178 Å². The Kier molecular flexibility index (Phi) is 5.77. The van der Waals surface area contributed by atoms with Crippen molar-refractivity contribution in [1.82, 2.24) is 14.8 Å². The number of Topliss-reactive ketones (excluding diaryl/α,β-unsaturated/α-hetero) is 1. The Bertz CT molecular complexity index is 781. The molecule has 0 aromatic carbocycles. The predicted molar refractivity (Wildman–Crippen MR) is 110 cm³/mol. The molecule has 0 radical (unpaired) electrons. The number of aryl methyl sites for hydroxylation is 1. The second kappa shape index (κ2) is 8.06. The van der Waals surface area contributed by atoms with Gasteiger partial charge in [-0.3, -0.25) is 14.3 Å². The molecule has 7 heteroatoms. The van der Waals surface area contributed by atoms with Crippen LogP contribution in [0.5, 0.6) is 0 Å². The van der Waals surface area contributed by atoms with Crippen LogP contribution in [0, 0.1) is 28.6 Å². The summed E-state index contributed by atoms with van der Waals surface area (Å²) in [5.41, 5.74) is -0.412. The minimum atomic E-state index is -0.364. The average molecular weight is 418 g/mol. The van der Waals surface area contributed by atoms with E-state index in [1.807, 2.05) is 4.68 Å². The van der Waals surface area contributed by atoms with Crippen molar-refractivity contribution in [2.24, 2.45) is 28.6 Å². The van der Waals surface area contributed by atoms with Crippen molar-refractivity contribution in [2.75, 3.05) is 0 Å². The molecule has 7 atom stereocenters. The maximum Gasteiger partial charge on any atom is 0.302 e. The molecule has 0 spiro atoms. The highest BCUT2D eigenvalue weighted by Gasteiger charge is 2.59. The highest BCUT2D eigenvalue weighted by Crippen LogP contribution is 2.60. The topological polar surface area (TPSA) is 94.3 Å². The third-order valence-electron chi connectivity index (χ3n) is 8.73. The zero-order chi connectivity index (χ0) is 21.5. The molecule has 0 aliphatic heterocycles. The molecule has 3 fully saturated rings. The van der Waals surface area contributed by atoms with E-state index in [0.717, 1.165) is 51.5 Å². The second-order valence-corrected chi connectivity index (χ2v) is 10.3. The SMILES string of the molecule is CC(=O)OC1C2CCC(=O)C2(C)CCC1[C@@]1(C)CC[C@H](O)C[C@@H]1CCn1cncn1. The van der Waals surface area contributed by atoms with E-state index in [9.17, 15) is 14.7 Å². The number of esters is 1. The third-order valence-corrected chi connectivity index (χ3v) is 8.73. The third kappa shape index (κ3) is 3.70. The molecule has 166 valence electrons. The maximum absolute atomic E-state index is 12.7. The number of aliphatic hydroxyl groups is 1. The van der Waals surface area contributed by atoms with Gasteiger partial charge in [-0.05, 0) is 56.3 Å². The van der Waals surface area contributed by atoms with Gasteiger partial charge in [0.25, 0.3) is 0 Å². The first kappa shape index (κ1) is 21.5. The lowest BCUT2D eigenvalue weighted by Gasteiger charge is -2.55. The molecule has 3 aliphatic rings. The fourth-order valence-corrected chi connectivity index (χ4v) is 6.88. The average Bonchev–Trinajstić information content (AvgIpc) is 3.31. The summed E-state index contributed by atoms with van der Waals surface area (Å²) in [6.45, 7) is 6.65. The number of ether oxygens (including phenoxy) is 1. The molecule has 1 aromatic rings. The van der Waals surface area contributed by atoms with E-state index >= 15 is 0 Å². The molecule has 1 aromatic heterocycles. The quantitative estimate of drug-likeness (QED) is 0.740. The molecule has 1 N–H and O–H groups in total. The summed E-state index contributed by atoms with van der Waals surface area (Å²) in [6.07, 6.45) is 9.29. The Morgan fingerprint density at radius 2 is 2.07 bits per heavy atom. The fourth-order valence-electron chi connectivity index (χ4n) is 6.88. The van der Waals surface area contributed by atoms with Gasteiger partial charge >= 0.3 is 5.97 Å². The Morgan fingerprint density at radius 3 is 2.77 bits per heavy atom. The van der Waals surface area contributed by atoms with Gasteiger partial charge in [0.1, 0.15) is 24.5 Å². The van der Waals surface area contributed by atoms with Gasteiger partial charge in [0.05, 0.1) is 6.10 Å². The van der Waals surface area contributed by atoms with E-state index < -0.39 is 0 Å². The summed E-state index contributed by atoms with van der Waals surface area (Å²) >= 11 is 0. The van der Waals surface area contributed by atoms with Gasteiger partial charge in [-0.2, -0.15) is 5.10 Å². The molecule has 1 heterocycles. The summed E-state index contributed by atoms with van der Waals surface area (Å²) < 4.78 is 7.84. The lowest BCUT2D eigenvalue weighted by atomic mass is 9.51. The van der Waals surface area contributed by atoms with Crippen molar-refractivity contribution >= 4 is 11.8 Å². The van der Waals surface area contributed by atoms with Crippen molar-refractivity contribution in [3.05, 3.63) is 12.7 Å². The molecule has 3 saturated carbocycles. The molecule has 0 bridgehead atoms. The van der Waals surface area contributed by atoms with E-state index in [1.54, 1.807) is 12.7 Å². The van der Waals surface area contributed by atoms with E-state index in [2.05, 4.69) is 23.9 Å². The second-order valence-electron chi connectivity index (χ2n) is 10.3. The molecule has 0 saturated heterocycles. The van der Waals surface area contributed by atoms with Crippen LogP contribution in [0.4, 0.5) is 0 Å². The molecular weight excluding hydrogens is 382 g/mol. The van der Waals surface area contributed by atoms with Crippen LogP contribution in [0.1, 0.15) is 72.1 Å². The standard InChI is InChI=1S/C23H35N3O4/c1-15(27)30-21-18-4-5-20(29)23(18,3)10-7-19(21)22(2)9-6-17(28)12-16(22)8-11-26-14-24-13-25-26/h13-14,16-19,21,28H,4-12H2,1-3H3/t16-,17-,18?,19?,21?,22-,23?/m0/s1. The smallest absolute Gasteiger partial charge is 0.302 e. The van der Waals surface area contributed by atoms with Gasteiger partial charge in [-0.15, -0.1) is 0 Å². The summed E-state index contributed by atoms with van der Waals surface area (Å²) in [4.78, 5) is 28.8. The van der Waals surface area contributed by atoms with Crippen LogP contribution in [-0.4, -0.2) is 43.8 Å². The minimum absolute atomic E-state index is 0.0487. The normalized spacial score (nSPS) is 41.5. The number of aromatic nitrogens is 3. The van der Waals surface area contributed by atoms with Crippen molar-refractivity contribution in [3.63, 3.8) is 0 Å². The van der Waals surface area contributed by atoms with Gasteiger partial charge in [0, 0.05) is 37.1 Å². The van der Waals surface area contributed by atoms with Crippen molar-refractivity contribution < 1.29 is 19.4 Å². The Balaban J connectivity index is 1.61. The summed E-state index contributed by atoms with van der Waals surface area (Å²) in [7, 11) is 0. The van der Waals surface area contributed by atoms with E-state index in [4.69, 9.17) is 4.74 Å². The van der Waals surface area contributed by atoms with Gasteiger partial charge in [0.2, 0.25) is 0 Å². The summed E-state index contributed by atoms with van der Waals surface area (Å²) in [6, 6.07) is 0. The number of aliphatic hydroxyl groups excluding tert-OH is 1. The van der Waals surface area contributed by atoms with Gasteiger partial charge in [-0.25, -0.2) is 4.98 Å². The van der Waals surface area contributed by atoms with Gasteiger partial charge in [0.15, 0.2) is 0 Å². The monoisotopic (exact) mass is 417 g/mol. The van der Waals surface area contributed by atoms with Crippen LogP contribution in [0.25, 0.3) is 0 Å².